The predicted molar refractivity (Wildman–Crippen MR) is 40.4 cm³/mol. The molecule has 0 unspecified atom stereocenters. The molecule has 0 rings (SSSR count). The lowest BCUT2D eigenvalue weighted by molar-refractivity contribution is 1.40. The molecule has 0 saturated carbocycles. The van der Waals surface area contributed by atoms with Crippen molar-refractivity contribution >= 4 is 0 Å². The maximum Gasteiger partial charge on any atom is 0.0328 e. The van der Waals surface area contributed by atoms with E-state index in [-0.39, 0.29) is 0 Å². The third kappa shape index (κ3) is 4.68. The van der Waals surface area contributed by atoms with Crippen LogP contribution in [-0.4, -0.2) is 0 Å². The summed E-state index contributed by atoms with van der Waals surface area (Å²) in [7, 11) is 0. The smallest absolute Gasteiger partial charge is 0.0328 e. The lowest BCUT2D eigenvalue weighted by Gasteiger charge is -1.84. The van der Waals surface area contributed by atoms with Crippen LogP contribution in [0.5, 0.6) is 0 Å². The molecule has 0 aliphatic heterocycles. The highest BCUT2D eigenvalue weighted by molar-refractivity contribution is 5.19. The van der Waals surface area contributed by atoms with Gasteiger partial charge in [-0.1, -0.05) is 12.2 Å². The van der Waals surface area contributed by atoms with Crippen LogP contribution in [0.15, 0.2) is 36.2 Å². The van der Waals surface area contributed by atoms with Gasteiger partial charge in [-0.2, -0.15) is 0 Å². The maximum atomic E-state index is 5.41. The Morgan fingerprint density at radius 3 is 2.56 bits per heavy atom. The fourth-order valence-electron chi connectivity index (χ4n) is 0.374. The van der Waals surface area contributed by atoms with Crippen molar-refractivity contribution < 1.29 is 0 Å². The zero-order valence-corrected chi connectivity index (χ0v) is 5.54. The summed E-state index contributed by atoms with van der Waals surface area (Å²) in [6, 6.07) is 0. The van der Waals surface area contributed by atoms with Crippen LogP contribution in [0.3, 0.4) is 0 Å². The largest absolute Gasteiger partial charge is 0.405 e. The van der Waals surface area contributed by atoms with Gasteiger partial charge in [0.2, 0.25) is 0 Å². The van der Waals surface area contributed by atoms with Gasteiger partial charge in [0.25, 0.3) is 0 Å². The highest BCUT2D eigenvalue weighted by Gasteiger charge is 1.73. The fourth-order valence-corrected chi connectivity index (χ4v) is 0.374. The van der Waals surface area contributed by atoms with Crippen LogP contribution in [0.4, 0.5) is 0 Å². The third-order valence-electron chi connectivity index (χ3n) is 0.770. The average Bonchev–Trinajstić information content (AvgIpc) is 1.85. The van der Waals surface area contributed by atoms with Crippen molar-refractivity contribution in [1.82, 2.24) is 0 Å². The summed E-state index contributed by atoms with van der Waals surface area (Å²) in [6.07, 6.45) is 8.59. The van der Waals surface area contributed by atoms with E-state index in [4.69, 9.17) is 11.5 Å². The molecule has 0 aromatic heterocycles. The Morgan fingerprint density at radius 1 is 1.44 bits per heavy atom. The SMILES string of the molecule is C\C=C/C=C(N)\C=C\N. The first-order valence-electron chi connectivity index (χ1n) is 2.78. The molecule has 0 atom stereocenters. The zero-order valence-electron chi connectivity index (χ0n) is 5.54. The van der Waals surface area contributed by atoms with Crippen molar-refractivity contribution in [3.8, 4) is 0 Å². The Bertz CT molecular complexity index is 143. The molecule has 0 fully saturated rings. The van der Waals surface area contributed by atoms with Gasteiger partial charge in [0, 0.05) is 5.70 Å². The highest BCUT2D eigenvalue weighted by Crippen LogP contribution is 1.84. The summed E-state index contributed by atoms with van der Waals surface area (Å²) in [5.41, 5.74) is 11.2. The molecule has 0 bridgehead atoms. The minimum Gasteiger partial charge on any atom is -0.405 e. The molecule has 0 aliphatic rings. The summed E-state index contributed by atoms with van der Waals surface area (Å²) in [5.74, 6) is 0. The monoisotopic (exact) mass is 124 g/mol. The Morgan fingerprint density at radius 2 is 2.11 bits per heavy atom. The molecule has 0 spiro atoms. The lowest BCUT2D eigenvalue weighted by atomic mass is 10.4. The van der Waals surface area contributed by atoms with Crippen LogP contribution in [-0.2, 0) is 0 Å². The molecule has 0 aromatic rings. The Hall–Kier alpha value is -1.18. The first-order chi connectivity index (χ1) is 4.31. The van der Waals surface area contributed by atoms with Crippen LogP contribution < -0.4 is 11.5 Å². The van der Waals surface area contributed by atoms with Gasteiger partial charge in [0.15, 0.2) is 0 Å². The molecule has 2 heteroatoms. The average molecular weight is 124 g/mol. The molecule has 0 heterocycles. The van der Waals surface area contributed by atoms with Crippen molar-refractivity contribution in [1.29, 1.82) is 0 Å². The molecule has 0 saturated heterocycles. The van der Waals surface area contributed by atoms with Gasteiger partial charge >= 0.3 is 0 Å². The normalized spacial score (nSPS) is 13.7. The van der Waals surface area contributed by atoms with Gasteiger partial charge in [-0.25, -0.2) is 0 Å². The second-order valence-corrected chi connectivity index (χ2v) is 1.55. The van der Waals surface area contributed by atoms with E-state index in [1.54, 1.807) is 12.2 Å². The van der Waals surface area contributed by atoms with Crippen molar-refractivity contribution in [2.24, 2.45) is 11.5 Å². The van der Waals surface area contributed by atoms with Crippen molar-refractivity contribution in [2.75, 3.05) is 0 Å². The van der Waals surface area contributed by atoms with Crippen LogP contribution in [0.25, 0.3) is 0 Å². The van der Waals surface area contributed by atoms with Crippen molar-refractivity contribution in [3.05, 3.63) is 36.2 Å². The molecule has 0 aromatic carbocycles. The predicted octanol–water partition coefficient (Wildman–Crippen LogP) is 0.878. The van der Waals surface area contributed by atoms with Gasteiger partial charge in [-0.15, -0.1) is 0 Å². The van der Waals surface area contributed by atoms with Crippen molar-refractivity contribution in [3.63, 3.8) is 0 Å². The molecule has 2 nitrogen and oxygen atoms in total. The minimum absolute atomic E-state index is 0.663. The third-order valence-corrected chi connectivity index (χ3v) is 0.770. The number of rotatable bonds is 2. The quantitative estimate of drug-likeness (QED) is 0.537. The standard InChI is InChI=1S/C7H12N2/c1-2-3-4-7(9)5-6-8/h2-6H,8-9H2,1H3/b3-2-,6-5+,7-4+. The van der Waals surface area contributed by atoms with Crippen molar-refractivity contribution in [2.45, 2.75) is 6.92 Å². The van der Waals surface area contributed by atoms with Gasteiger partial charge in [0.1, 0.15) is 0 Å². The molecule has 0 amide bonds. The van der Waals surface area contributed by atoms with Crippen LogP contribution in [0, 0.1) is 0 Å². The van der Waals surface area contributed by atoms with E-state index in [0.717, 1.165) is 0 Å². The van der Waals surface area contributed by atoms with Gasteiger partial charge in [0.05, 0.1) is 0 Å². The number of hydrogen-bond acceptors (Lipinski definition) is 2. The fraction of sp³-hybridized carbons (Fsp3) is 0.143. The second kappa shape index (κ2) is 4.97. The van der Waals surface area contributed by atoms with E-state index >= 15 is 0 Å². The Balaban J connectivity index is 3.84. The molecule has 0 radical (unpaired) electrons. The molecule has 0 aliphatic carbocycles. The lowest BCUT2D eigenvalue weighted by Crippen LogP contribution is -1.92. The van der Waals surface area contributed by atoms with Gasteiger partial charge < -0.3 is 11.5 Å². The topological polar surface area (TPSA) is 52.0 Å². The van der Waals surface area contributed by atoms with E-state index in [2.05, 4.69) is 0 Å². The molecule has 9 heavy (non-hydrogen) atoms. The molecular formula is C7H12N2. The van der Waals surface area contributed by atoms with Crippen LogP contribution in [0.2, 0.25) is 0 Å². The van der Waals surface area contributed by atoms with Crippen LogP contribution >= 0.6 is 0 Å². The summed E-state index contributed by atoms with van der Waals surface area (Å²) in [4.78, 5) is 0. The summed E-state index contributed by atoms with van der Waals surface area (Å²) in [6.45, 7) is 1.93. The zero-order chi connectivity index (χ0) is 7.11. The second-order valence-electron chi connectivity index (χ2n) is 1.55. The summed E-state index contributed by atoms with van der Waals surface area (Å²) < 4.78 is 0. The van der Waals surface area contributed by atoms with E-state index in [1.165, 1.54) is 6.20 Å². The molecule has 50 valence electrons. The number of allylic oxidation sites excluding steroid dienone is 4. The first kappa shape index (κ1) is 7.82. The molecular weight excluding hydrogens is 112 g/mol. The van der Waals surface area contributed by atoms with Gasteiger partial charge in [-0.3, -0.25) is 0 Å². The number of nitrogens with two attached hydrogens (primary N) is 2. The Labute approximate surface area is 55.5 Å². The minimum atomic E-state index is 0.663. The summed E-state index contributed by atoms with van der Waals surface area (Å²) in [5, 5.41) is 0. The van der Waals surface area contributed by atoms with E-state index in [0.29, 0.717) is 5.70 Å². The van der Waals surface area contributed by atoms with Crippen LogP contribution in [0.1, 0.15) is 6.92 Å². The first-order valence-corrected chi connectivity index (χ1v) is 2.78. The highest BCUT2D eigenvalue weighted by atomic mass is 14.6. The van der Waals surface area contributed by atoms with E-state index in [9.17, 15) is 0 Å². The maximum absolute atomic E-state index is 5.41. The summed E-state index contributed by atoms with van der Waals surface area (Å²) >= 11 is 0. The molecule has 4 N–H and O–H groups in total. The van der Waals surface area contributed by atoms with E-state index < -0.39 is 0 Å². The Kier molecular flexibility index (Phi) is 4.32. The van der Waals surface area contributed by atoms with E-state index in [1.807, 2.05) is 19.1 Å². The van der Waals surface area contributed by atoms with Gasteiger partial charge in [-0.05, 0) is 25.3 Å². The number of hydrogen-bond donors (Lipinski definition) is 2.